The van der Waals surface area contributed by atoms with Crippen LogP contribution in [0.4, 0.5) is 0 Å². The van der Waals surface area contributed by atoms with Crippen molar-refractivity contribution in [3.05, 3.63) is 20.7 Å². The molecule has 5 heteroatoms. The van der Waals surface area contributed by atoms with Crippen molar-refractivity contribution >= 4 is 11.8 Å². The molecule has 0 spiro atoms. The molecule has 10 heavy (non-hydrogen) atoms. The fourth-order valence-electron chi connectivity index (χ4n) is 0.118. The Hall–Kier alpha value is -0.610. The van der Waals surface area contributed by atoms with Crippen molar-refractivity contribution in [3.63, 3.8) is 0 Å². The van der Waals surface area contributed by atoms with Crippen LogP contribution in [-0.4, -0.2) is 30.1 Å². The minimum absolute atomic E-state index is 0.528. The van der Waals surface area contributed by atoms with Gasteiger partial charge in [0.2, 0.25) is 0 Å². The molecule has 0 N–H and O–H groups in total. The average Bonchev–Trinajstić information content (AvgIpc) is 2.23. The predicted molar refractivity (Wildman–Crippen MR) is 40.2 cm³/mol. The highest BCUT2D eigenvalue weighted by molar-refractivity contribution is 6.16. The second-order valence-corrected chi connectivity index (χ2v) is 2.57. The van der Waals surface area contributed by atoms with Crippen molar-refractivity contribution in [1.82, 2.24) is 8.99 Å². The summed E-state index contributed by atoms with van der Waals surface area (Å²) in [7, 11) is 6.00. The maximum atomic E-state index is 9.66. The van der Waals surface area contributed by atoms with E-state index in [4.69, 9.17) is 11.8 Å². The van der Waals surface area contributed by atoms with Crippen LogP contribution in [-0.2, 0) is 0 Å². The molecule has 0 atom stereocenters. The Labute approximate surface area is 63.4 Å². The molecule has 0 saturated heterocycles. The third-order valence-corrected chi connectivity index (χ3v) is 0.797. The summed E-state index contributed by atoms with van der Waals surface area (Å²) in [6.07, 6.45) is 0. The summed E-state index contributed by atoms with van der Waals surface area (Å²) in [5.74, 6) is 0. The molecule has 58 valence electrons. The molecular formula is C5H9ClN2O2. The Bertz CT molecular complexity index is 231. The summed E-state index contributed by atoms with van der Waals surface area (Å²) >= 11 is 4.82. The van der Waals surface area contributed by atoms with Gasteiger partial charge < -0.3 is 4.90 Å². The van der Waals surface area contributed by atoms with Gasteiger partial charge in [0, 0.05) is 11.8 Å². The lowest BCUT2D eigenvalue weighted by Gasteiger charge is -1.90. The molecule has 1 aromatic rings. The highest BCUT2D eigenvalue weighted by Crippen LogP contribution is 1.68. The van der Waals surface area contributed by atoms with E-state index < -0.39 is 11.1 Å². The fraction of sp³-hybridized carbons (Fsp3) is 0.600. The highest BCUT2D eigenvalue weighted by Gasteiger charge is 2.11. The van der Waals surface area contributed by atoms with Crippen molar-refractivity contribution in [1.29, 1.82) is 0 Å². The number of halogens is 1. The van der Waals surface area contributed by atoms with Crippen LogP contribution in [0.5, 0.6) is 0 Å². The van der Waals surface area contributed by atoms with E-state index in [0.717, 1.165) is 0 Å². The van der Waals surface area contributed by atoms with Crippen LogP contribution in [0.1, 0.15) is 0 Å². The van der Waals surface area contributed by atoms with E-state index >= 15 is 0 Å². The number of hydrogen-bond donors (Lipinski definition) is 0. The Morgan fingerprint density at radius 2 is 1.30 bits per heavy atom. The summed E-state index contributed by atoms with van der Waals surface area (Å²) in [6.45, 7) is 0. The van der Waals surface area contributed by atoms with Crippen LogP contribution < -0.4 is 11.1 Å². The molecule has 0 bridgehead atoms. The first-order valence-corrected chi connectivity index (χ1v) is 2.95. The van der Waals surface area contributed by atoms with Gasteiger partial charge in [-0.3, -0.25) is 9.59 Å². The molecule has 4 nitrogen and oxygen atoms in total. The molecule has 1 heterocycles. The molecule has 0 radical (unpaired) electrons. The number of rotatable bonds is 0. The topological polar surface area (TPSA) is 42.3 Å². The number of aromatic nitrogens is 1. The molecule has 0 aliphatic heterocycles. The first kappa shape index (κ1) is 9.39. The molecule has 0 unspecified atom stereocenters. The van der Waals surface area contributed by atoms with Gasteiger partial charge in [0.05, 0.1) is 0 Å². The minimum Gasteiger partial charge on any atom is -0.312 e. The summed E-state index contributed by atoms with van der Waals surface area (Å²) in [5, 5.41) is 0. The third kappa shape index (κ3) is 3.42. The van der Waals surface area contributed by atoms with E-state index in [1.54, 1.807) is 0 Å². The summed E-state index contributed by atoms with van der Waals surface area (Å²) in [4.78, 5) is 21.3. The van der Waals surface area contributed by atoms with E-state index in [2.05, 4.69) is 0 Å². The van der Waals surface area contributed by atoms with E-state index in [1.807, 2.05) is 26.0 Å². The lowest BCUT2D eigenvalue weighted by atomic mass is 11.0. The van der Waals surface area contributed by atoms with Crippen LogP contribution in [0, 0.1) is 0 Å². The lowest BCUT2D eigenvalue weighted by molar-refractivity contribution is 0.505. The Morgan fingerprint density at radius 3 is 1.30 bits per heavy atom. The smallest absolute Gasteiger partial charge is 0.312 e. The van der Waals surface area contributed by atoms with E-state index in [-0.39, 0.29) is 0 Å². The molecular weight excluding hydrogens is 156 g/mol. The van der Waals surface area contributed by atoms with Crippen LogP contribution in [0.2, 0.25) is 0 Å². The van der Waals surface area contributed by atoms with E-state index in [9.17, 15) is 9.59 Å². The molecule has 1 aromatic heterocycles. The van der Waals surface area contributed by atoms with Gasteiger partial charge >= 0.3 is 11.1 Å². The Morgan fingerprint density at radius 1 is 1.20 bits per heavy atom. The normalized spacial score (nSPS) is 9.70. The Kier molecular flexibility index (Phi) is 3.32. The van der Waals surface area contributed by atoms with Gasteiger partial charge in [-0.1, -0.05) is 0 Å². The molecule has 0 saturated carbocycles. The SMILES string of the molecule is CN(C)C.O=c1c(=O)n1Cl. The van der Waals surface area contributed by atoms with E-state index in [0.29, 0.717) is 4.09 Å². The molecule has 0 amide bonds. The van der Waals surface area contributed by atoms with Gasteiger partial charge in [0.1, 0.15) is 0 Å². The fourth-order valence-corrected chi connectivity index (χ4v) is 0.224. The van der Waals surface area contributed by atoms with Gasteiger partial charge in [-0.05, 0) is 21.1 Å². The summed E-state index contributed by atoms with van der Waals surface area (Å²) in [6, 6.07) is 0. The second-order valence-electron chi connectivity index (χ2n) is 2.23. The second kappa shape index (κ2) is 3.53. The standard InChI is InChI=1S/C3H9N.C2ClNO2/c1-4(2)3;3-4-1(5)2(4)6/h1-3H3;. The molecule has 0 aliphatic rings. The van der Waals surface area contributed by atoms with Crippen LogP contribution in [0.3, 0.4) is 0 Å². The van der Waals surface area contributed by atoms with Gasteiger partial charge in [0.15, 0.2) is 0 Å². The van der Waals surface area contributed by atoms with E-state index in [1.165, 1.54) is 0 Å². The van der Waals surface area contributed by atoms with Crippen molar-refractivity contribution < 1.29 is 0 Å². The van der Waals surface area contributed by atoms with Crippen molar-refractivity contribution in [3.8, 4) is 0 Å². The van der Waals surface area contributed by atoms with Crippen LogP contribution >= 0.6 is 11.8 Å². The highest BCUT2D eigenvalue weighted by atomic mass is 35.5. The maximum absolute atomic E-state index is 9.66. The Balaban J connectivity index is 0.000000180. The summed E-state index contributed by atoms with van der Waals surface area (Å²) < 4.78 is 0.528. The predicted octanol–water partition coefficient (Wildman–Crippen LogP) is -0.736. The zero-order valence-corrected chi connectivity index (χ0v) is 6.84. The monoisotopic (exact) mass is 164 g/mol. The molecule has 0 aromatic carbocycles. The number of nitrogens with zero attached hydrogens (tertiary/aromatic N) is 2. The number of hydrogen-bond acceptors (Lipinski definition) is 3. The van der Waals surface area contributed by atoms with Crippen molar-refractivity contribution in [2.45, 2.75) is 0 Å². The van der Waals surface area contributed by atoms with Gasteiger partial charge in [-0.15, -0.1) is 0 Å². The van der Waals surface area contributed by atoms with Gasteiger partial charge in [-0.25, -0.2) is 0 Å². The van der Waals surface area contributed by atoms with Gasteiger partial charge in [-0.2, -0.15) is 4.09 Å². The molecule has 0 aliphatic carbocycles. The quantitative estimate of drug-likeness (QED) is 0.475. The average molecular weight is 165 g/mol. The first-order valence-electron chi connectivity index (χ1n) is 2.62. The zero-order chi connectivity index (χ0) is 8.31. The minimum atomic E-state index is -0.614. The molecule has 0 fully saturated rings. The maximum Gasteiger partial charge on any atom is 0.335 e. The van der Waals surface area contributed by atoms with Gasteiger partial charge in [0.25, 0.3) is 0 Å². The zero-order valence-electron chi connectivity index (χ0n) is 6.09. The van der Waals surface area contributed by atoms with Crippen molar-refractivity contribution in [2.75, 3.05) is 21.1 Å². The summed E-state index contributed by atoms with van der Waals surface area (Å²) in [5.41, 5.74) is -1.23. The lowest BCUT2D eigenvalue weighted by Crippen LogP contribution is -1.99. The molecule has 1 rings (SSSR count). The van der Waals surface area contributed by atoms with Crippen LogP contribution in [0.15, 0.2) is 9.59 Å². The largest absolute Gasteiger partial charge is 0.335 e. The third-order valence-electron chi connectivity index (χ3n) is 0.490. The van der Waals surface area contributed by atoms with Crippen molar-refractivity contribution in [2.24, 2.45) is 0 Å². The first-order chi connectivity index (χ1) is 4.46. The van der Waals surface area contributed by atoms with Crippen LogP contribution in [0.25, 0.3) is 0 Å².